The molecule has 0 radical (unpaired) electrons. The van der Waals surface area contributed by atoms with Gasteiger partial charge >= 0.3 is 0 Å². The standard InChI is InChI=1S/C17H18F2O4/c1-9(20)7-16(12(4)23)17(18,19)13-5-6-14(10(2)21)15(8-13)11(3)22/h5-6,8,16H,7H2,1-4H3. The minimum absolute atomic E-state index is 0.0444. The Hall–Kier alpha value is -2.24. The topological polar surface area (TPSA) is 68.3 Å². The van der Waals surface area contributed by atoms with Crippen molar-refractivity contribution in [1.82, 2.24) is 0 Å². The number of halogens is 2. The van der Waals surface area contributed by atoms with Crippen LogP contribution in [0.25, 0.3) is 0 Å². The Balaban J connectivity index is 3.45. The van der Waals surface area contributed by atoms with Crippen LogP contribution in [-0.2, 0) is 15.5 Å². The molecule has 1 aromatic carbocycles. The molecule has 23 heavy (non-hydrogen) atoms. The predicted octanol–water partition coefficient (Wildman–Crippen LogP) is 3.37. The molecule has 0 bridgehead atoms. The van der Waals surface area contributed by atoms with Crippen LogP contribution in [0.2, 0.25) is 0 Å². The number of Topliss-reactive ketones (excluding diaryl/α,β-unsaturated/α-hetero) is 4. The zero-order valence-electron chi connectivity index (χ0n) is 13.4. The lowest BCUT2D eigenvalue weighted by molar-refractivity contribution is -0.142. The van der Waals surface area contributed by atoms with Crippen LogP contribution in [0.5, 0.6) is 0 Å². The third-order valence-electron chi connectivity index (χ3n) is 3.58. The van der Waals surface area contributed by atoms with Gasteiger partial charge in [-0.1, -0.05) is 12.1 Å². The Morgan fingerprint density at radius 1 is 0.957 bits per heavy atom. The molecule has 0 aliphatic rings. The van der Waals surface area contributed by atoms with Gasteiger partial charge in [0, 0.05) is 23.1 Å². The van der Waals surface area contributed by atoms with Gasteiger partial charge in [0.15, 0.2) is 11.6 Å². The molecule has 1 rings (SSSR count). The minimum atomic E-state index is -3.61. The molecule has 1 unspecified atom stereocenters. The second-order valence-corrected chi connectivity index (χ2v) is 5.57. The largest absolute Gasteiger partial charge is 0.300 e. The molecule has 0 amide bonds. The maximum atomic E-state index is 14.6. The van der Waals surface area contributed by atoms with Crippen molar-refractivity contribution in [3.8, 4) is 0 Å². The molecule has 0 spiro atoms. The molecule has 0 N–H and O–H groups in total. The van der Waals surface area contributed by atoms with Gasteiger partial charge in [0.25, 0.3) is 5.92 Å². The van der Waals surface area contributed by atoms with Gasteiger partial charge in [0.05, 0.1) is 5.92 Å². The van der Waals surface area contributed by atoms with Crippen LogP contribution in [0.4, 0.5) is 8.78 Å². The summed E-state index contributed by atoms with van der Waals surface area (Å²) in [4.78, 5) is 45.8. The third kappa shape index (κ3) is 4.15. The summed E-state index contributed by atoms with van der Waals surface area (Å²) in [5, 5.41) is 0. The van der Waals surface area contributed by atoms with Crippen LogP contribution in [0, 0.1) is 5.92 Å². The predicted molar refractivity (Wildman–Crippen MR) is 79.8 cm³/mol. The van der Waals surface area contributed by atoms with Crippen LogP contribution >= 0.6 is 0 Å². The van der Waals surface area contributed by atoms with Gasteiger partial charge in [0.1, 0.15) is 11.6 Å². The Labute approximate surface area is 132 Å². The molecule has 0 saturated heterocycles. The zero-order chi connectivity index (χ0) is 17.9. The second kappa shape index (κ2) is 6.89. The van der Waals surface area contributed by atoms with Crippen molar-refractivity contribution in [3.63, 3.8) is 0 Å². The van der Waals surface area contributed by atoms with Gasteiger partial charge < -0.3 is 4.79 Å². The van der Waals surface area contributed by atoms with Crippen LogP contribution in [0.1, 0.15) is 60.4 Å². The fourth-order valence-electron chi connectivity index (χ4n) is 2.37. The zero-order valence-corrected chi connectivity index (χ0v) is 13.4. The van der Waals surface area contributed by atoms with Crippen molar-refractivity contribution < 1.29 is 28.0 Å². The fourth-order valence-corrected chi connectivity index (χ4v) is 2.37. The summed E-state index contributed by atoms with van der Waals surface area (Å²) in [6, 6.07) is 3.08. The van der Waals surface area contributed by atoms with E-state index in [1.165, 1.54) is 13.8 Å². The molecule has 0 aliphatic carbocycles. The first-order valence-corrected chi connectivity index (χ1v) is 7.02. The maximum Gasteiger partial charge on any atom is 0.283 e. The lowest BCUT2D eigenvalue weighted by Crippen LogP contribution is -2.33. The van der Waals surface area contributed by atoms with Crippen molar-refractivity contribution in [3.05, 3.63) is 34.9 Å². The summed E-state index contributed by atoms with van der Waals surface area (Å²) in [6.45, 7) is 4.53. The van der Waals surface area contributed by atoms with E-state index in [-0.39, 0.29) is 11.1 Å². The van der Waals surface area contributed by atoms with Gasteiger partial charge in [-0.15, -0.1) is 0 Å². The molecule has 0 saturated carbocycles. The first kappa shape index (κ1) is 18.8. The summed E-state index contributed by atoms with van der Waals surface area (Å²) >= 11 is 0. The molecule has 0 aromatic heterocycles. The number of hydrogen-bond donors (Lipinski definition) is 0. The number of hydrogen-bond acceptors (Lipinski definition) is 4. The smallest absolute Gasteiger partial charge is 0.283 e. The van der Waals surface area contributed by atoms with Crippen LogP contribution in [0.15, 0.2) is 18.2 Å². The fraction of sp³-hybridized carbons (Fsp3) is 0.412. The molecule has 1 atom stereocenters. The lowest BCUT2D eigenvalue weighted by atomic mass is 9.85. The Morgan fingerprint density at radius 2 is 1.48 bits per heavy atom. The number of rotatable bonds is 7. The SMILES string of the molecule is CC(=O)CC(C(C)=O)C(F)(F)c1ccc(C(C)=O)c(C(C)=O)c1. The normalized spacial score (nSPS) is 12.6. The quantitative estimate of drug-likeness (QED) is 0.721. The number of carbonyl (C=O) groups excluding carboxylic acids is 4. The Kier molecular flexibility index (Phi) is 5.64. The van der Waals surface area contributed by atoms with E-state index in [1.807, 2.05) is 0 Å². The van der Waals surface area contributed by atoms with Crippen molar-refractivity contribution in [2.24, 2.45) is 5.92 Å². The number of benzene rings is 1. The second-order valence-electron chi connectivity index (χ2n) is 5.57. The first-order valence-electron chi connectivity index (χ1n) is 7.02. The molecule has 0 aliphatic heterocycles. The van der Waals surface area contributed by atoms with E-state index in [9.17, 15) is 28.0 Å². The van der Waals surface area contributed by atoms with E-state index in [0.29, 0.717) is 0 Å². The van der Waals surface area contributed by atoms with Crippen LogP contribution in [-0.4, -0.2) is 23.1 Å². The molecular weight excluding hydrogens is 306 g/mol. The number of carbonyl (C=O) groups is 4. The van der Waals surface area contributed by atoms with Gasteiger partial charge in [0.2, 0.25) is 0 Å². The summed E-state index contributed by atoms with van der Waals surface area (Å²) in [5.74, 6) is -7.71. The van der Waals surface area contributed by atoms with Gasteiger partial charge in [-0.05, 0) is 33.8 Å². The maximum absolute atomic E-state index is 14.6. The highest BCUT2D eigenvalue weighted by atomic mass is 19.3. The molecule has 0 heterocycles. The van der Waals surface area contributed by atoms with E-state index in [0.717, 1.165) is 32.0 Å². The van der Waals surface area contributed by atoms with Gasteiger partial charge in [-0.3, -0.25) is 14.4 Å². The molecule has 1 aromatic rings. The summed E-state index contributed by atoms with van der Waals surface area (Å²) < 4.78 is 29.3. The highest BCUT2D eigenvalue weighted by Crippen LogP contribution is 2.39. The lowest BCUT2D eigenvalue weighted by Gasteiger charge is -2.25. The van der Waals surface area contributed by atoms with Crippen molar-refractivity contribution in [2.45, 2.75) is 40.0 Å². The average molecular weight is 324 g/mol. The molecular formula is C17H18F2O4. The highest BCUT2D eigenvalue weighted by Gasteiger charge is 2.45. The highest BCUT2D eigenvalue weighted by molar-refractivity contribution is 6.07. The third-order valence-corrected chi connectivity index (χ3v) is 3.58. The minimum Gasteiger partial charge on any atom is -0.300 e. The van der Waals surface area contributed by atoms with Crippen molar-refractivity contribution >= 4 is 23.1 Å². The number of alkyl halides is 2. The Morgan fingerprint density at radius 3 is 1.87 bits per heavy atom. The molecule has 124 valence electrons. The van der Waals surface area contributed by atoms with Crippen LogP contribution in [0.3, 0.4) is 0 Å². The number of ketones is 4. The van der Waals surface area contributed by atoms with Gasteiger partial charge in [-0.2, -0.15) is 0 Å². The van der Waals surface area contributed by atoms with Crippen LogP contribution < -0.4 is 0 Å². The summed E-state index contributed by atoms with van der Waals surface area (Å²) in [6.07, 6.45) is -0.591. The van der Waals surface area contributed by atoms with Gasteiger partial charge in [-0.25, -0.2) is 8.78 Å². The Bertz CT molecular complexity index is 677. The monoisotopic (exact) mass is 324 g/mol. The first-order chi connectivity index (χ1) is 10.5. The van der Waals surface area contributed by atoms with Crippen molar-refractivity contribution in [2.75, 3.05) is 0 Å². The van der Waals surface area contributed by atoms with E-state index in [1.54, 1.807) is 0 Å². The molecule has 4 nitrogen and oxygen atoms in total. The van der Waals surface area contributed by atoms with E-state index in [4.69, 9.17) is 0 Å². The van der Waals surface area contributed by atoms with E-state index < -0.39 is 47.0 Å². The molecule has 6 heteroatoms. The summed E-state index contributed by atoms with van der Waals surface area (Å²) in [5.41, 5.74) is -0.642. The molecule has 0 fully saturated rings. The van der Waals surface area contributed by atoms with E-state index in [2.05, 4.69) is 0 Å². The average Bonchev–Trinajstić information content (AvgIpc) is 2.43. The van der Waals surface area contributed by atoms with Crippen molar-refractivity contribution in [1.29, 1.82) is 0 Å². The summed E-state index contributed by atoms with van der Waals surface area (Å²) in [7, 11) is 0. The van der Waals surface area contributed by atoms with E-state index >= 15 is 0 Å².